The van der Waals surface area contributed by atoms with Crippen molar-refractivity contribution in [2.24, 2.45) is 0 Å². The molecule has 18 heavy (non-hydrogen) atoms. The molecule has 1 saturated carbocycles. The van der Waals surface area contributed by atoms with Gasteiger partial charge in [0, 0.05) is 18.8 Å². The molecule has 0 aromatic heterocycles. The first-order valence-corrected chi connectivity index (χ1v) is 6.13. The highest BCUT2D eigenvalue weighted by atomic mass is 16.5. The lowest BCUT2D eigenvalue weighted by Gasteiger charge is -2.35. The number of hydrogen-bond donors (Lipinski definition) is 1. The molecular formula is C14H19NO3. The summed E-state index contributed by atoms with van der Waals surface area (Å²) in [6, 6.07) is 6.07. The molecule has 4 heteroatoms. The summed E-state index contributed by atoms with van der Waals surface area (Å²) in [7, 11) is 3.14. The predicted molar refractivity (Wildman–Crippen MR) is 70.0 cm³/mol. The van der Waals surface area contributed by atoms with Crippen molar-refractivity contribution in [1.29, 1.82) is 0 Å². The quantitative estimate of drug-likeness (QED) is 0.832. The van der Waals surface area contributed by atoms with E-state index < -0.39 is 0 Å². The van der Waals surface area contributed by atoms with Gasteiger partial charge in [-0.3, -0.25) is 0 Å². The predicted octanol–water partition coefficient (Wildman–Crippen LogP) is 2.37. The van der Waals surface area contributed by atoms with Gasteiger partial charge in [-0.1, -0.05) is 6.07 Å². The first-order chi connectivity index (χ1) is 8.65. The molecular weight excluding hydrogens is 230 g/mol. The molecule has 4 nitrogen and oxygen atoms in total. The van der Waals surface area contributed by atoms with Gasteiger partial charge in [0.2, 0.25) is 0 Å². The minimum atomic E-state index is -0.292. The number of nitrogens with one attached hydrogen (secondary N) is 1. The molecule has 0 unspecified atom stereocenters. The molecule has 1 aliphatic rings. The van der Waals surface area contributed by atoms with Crippen LogP contribution in [0.2, 0.25) is 0 Å². The van der Waals surface area contributed by atoms with Crippen molar-refractivity contribution in [3.63, 3.8) is 0 Å². The van der Waals surface area contributed by atoms with Gasteiger partial charge >= 0.3 is 5.97 Å². The third-order valence-corrected chi connectivity index (χ3v) is 3.53. The van der Waals surface area contributed by atoms with Crippen LogP contribution in [0.5, 0.6) is 0 Å². The topological polar surface area (TPSA) is 47.6 Å². The number of esters is 1. The minimum Gasteiger partial charge on any atom is -0.465 e. The molecule has 1 fully saturated rings. The third-order valence-electron chi connectivity index (χ3n) is 3.53. The molecule has 0 radical (unpaired) electrons. The lowest BCUT2D eigenvalue weighted by atomic mass is 9.88. The van der Waals surface area contributed by atoms with Crippen molar-refractivity contribution < 1.29 is 14.3 Å². The Balaban J connectivity index is 2.07. The number of methoxy groups -OCH3 is 2. The monoisotopic (exact) mass is 249 g/mol. The molecule has 0 bridgehead atoms. The van der Waals surface area contributed by atoms with Crippen molar-refractivity contribution >= 4 is 11.7 Å². The fraction of sp³-hybridized carbons (Fsp3) is 0.500. The summed E-state index contributed by atoms with van der Waals surface area (Å²) >= 11 is 0. The van der Waals surface area contributed by atoms with E-state index in [9.17, 15) is 4.79 Å². The number of carbonyl (C=O) groups is 1. The first kappa shape index (κ1) is 12.9. The van der Waals surface area contributed by atoms with Crippen molar-refractivity contribution in [3.8, 4) is 0 Å². The summed E-state index contributed by atoms with van der Waals surface area (Å²) in [6.45, 7) is 1.93. The Bertz CT molecular complexity index is 439. The standard InChI is InChI=1S/C14H19NO3/c1-9-12(14(16)18-3)5-4-6-13(9)15-10-7-11(8-10)17-2/h4-6,10-11,15H,7-8H2,1-3H3. The second kappa shape index (κ2) is 5.40. The summed E-state index contributed by atoms with van der Waals surface area (Å²) in [5.74, 6) is -0.292. The van der Waals surface area contributed by atoms with Crippen LogP contribution < -0.4 is 5.32 Å². The van der Waals surface area contributed by atoms with Crippen LogP contribution in [0.15, 0.2) is 18.2 Å². The largest absolute Gasteiger partial charge is 0.465 e. The molecule has 0 aliphatic heterocycles. The van der Waals surface area contributed by atoms with Crippen LogP contribution in [-0.4, -0.2) is 32.3 Å². The molecule has 1 N–H and O–H groups in total. The Morgan fingerprint density at radius 2 is 2.06 bits per heavy atom. The van der Waals surface area contributed by atoms with Crippen LogP contribution in [0.4, 0.5) is 5.69 Å². The zero-order valence-corrected chi connectivity index (χ0v) is 11.0. The van der Waals surface area contributed by atoms with Crippen molar-refractivity contribution in [1.82, 2.24) is 0 Å². The van der Waals surface area contributed by atoms with E-state index in [0.29, 0.717) is 17.7 Å². The fourth-order valence-electron chi connectivity index (χ4n) is 2.22. The van der Waals surface area contributed by atoms with E-state index in [1.807, 2.05) is 19.1 Å². The Morgan fingerprint density at radius 1 is 1.33 bits per heavy atom. The lowest BCUT2D eigenvalue weighted by Crippen LogP contribution is -2.40. The van der Waals surface area contributed by atoms with Crippen LogP contribution >= 0.6 is 0 Å². The van der Waals surface area contributed by atoms with Gasteiger partial charge in [-0.2, -0.15) is 0 Å². The molecule has 0 saturated heterocycles. The smallest absolute Gasteiger partial charge is 0.338 e. The van der Waals surface area contributed by atoms with Gasteiger partial charge in [0.1, 0.15) is 0 Å². The lowest BCUT2D eigenvalue weighted by molar-refractivity contribution is 0.0328. The van der Waals surface area contributed by atoms with E-state index in [4.69, 9.17) is 9.47 Å². The average molecular weight is 249 g/mol. The Morgan fingerprint density at radius 3 is 2.67 bits per heavy atom. The maximum atomic E-state index is 11.6. The van der Waals surface area contributed by atoms with Gasteiger partial charge in [-0.15, -0.1) is 0 Å². The van der Waals surface area contributed by atoms with Crippen molar-refractivity contribution in [2.45, 2.75) is 31.9 Å². The van der Waals surface area contributed by atoms with Gasteiger partial charge in [-0.25, -0.2) is 4.79 Å². The molecule has 0 spiro atoms. The number of benzene rings is 1. The fourth-order valence-corrected chi connectivity index (χ4v) is 2.22. The molecule has 0 atom stereocenters. The zero-order chi connectivity index (χ0) is 13.1. The van der Waals surface area contributed by atoms with Gasteiger partial charge in [0.05, 0.1) is 18.8 Å². The van der Waals surface area contributed by atoms with Crippen LogP contribution in [0, 0.1) is 6.92 Å². The van der Waals surface area contributed by atoms with Crippen LogP contribution in [0.3, 0.4) is 0 Å². The van der Waals surface area contributed by atoms with E-state index in [1.165, 1.54) is 7.11 Å². The Kier molecular flexibility index (Phi) is 3.87. The second-order valence-electron chi connectivity index (χ2n) is 4.64. The minimum absolute atomic E-state index is 0.292. The number of ether oxygens (including phenoxy) is 2. The number of carbonyl (C=O) groups excluding carboxylic acids is 1. The number of anilines is 1. The van der Waals surface area contributed by atoms with Crippen LogP contribution in [0.1, 0.15) is 28.8 Å². The summed E-state index contributed by atoms with van der Waals surface area (Å²) in [4.78, 5) is 11.6. The summed E-state index contributed by atoms with van der Waals surface area (Å²) in [5.41, 5.74) is 2.55. The van der Waals surface area contributed by atoms with E-state index in [1.54, 1.807) is 13.2 Å². The highest BCUT2D eigenvalue weighted by molar-refractivity contribution is 5.92. The Hall–Kier alpha value is -1.55. The van der Waals surface area contributed by atoms with Gasteiger partial charge in [-0.05, 0) is 37.5 Å². The molecule has 1 aliphatic carbocycles. The van der Waals surface area contributed by atoms with Gasteiger partial charge < -0.3 is 14.8 Å². The highest BCUT2D eigenvalue weighted by Crippen LogP contribution is 2.28. The normalized spacial score (nSPS) is 22.2. The van der Waals surface area contributed by atoms with Crippen LogP contribution in [-0.2, 0) is 9.47 Å². The molecule has 98 valence electrons. The highest BCUT2D eigenvalue weighted by Gasteiger charge is 2.29. The maximum absolute atomic E-state index is 11.6. The summed E-state index contributed by atoms with van der Waals surface area (Å²) in [6.07, 6.45) is 2.39. The number of rotatable bonds is 4. The molecule has 0 amide bonds. The summed E-state index contributed by atoms with van der Waals surface area (Å²) < 4.78 is 10.0. The average Bonchev–Trinajstić information content (AvgIpc) is 2.34. The van der Waals surface area contributed by atoms with Gasteiger partial charge in [0.15, 0.2) is 0 Å². The summed E-state index contributed by atoms with van der Waals surface area (Å²) in [5, 5.41) is 3.44. The van der Waals surface area contributed by atoms with Gasteiger partial charge in [0.25, 0.3) is 0 Å². The third kappa shape index (κ3) is 2.48. The van der Waals surface area contributed by atoms with E-state index in [2.05, 4.69) is 5.32 Å². The number of hydrogen-bond acceptors (Lipinski definition) is 4. The molecule has 1 aromatic rings. The molecule has 2 rings (SSSR count). The molecule has 0 heterocycles. The van der Waals surface area contributed by atoms with Crippen LogP contribution in [0.25, 0.3) is 0 Å². The second-order valence-corrected chi connectivity index (χ2v) is 4.64. The molecule has 1 aromatic carbocycles. The van der Waals surface area contributed by atoms with Crippen molar-refractivity contribution in [3.05, 3.63) is 29.3 Å². The van der Waals surface area contributed by atoms with Crippen molar-refractivity contribution in [2.75, 3.05) is 19.5 Å². The first-order valence-electron chi connectivity index (χ1n) is 6.13. The zero-order valence-electron chi connectivity index (χ0n) is 11.0. The van der Waals surface area contributed by atoms with E-state index in [0.717, 1.165) is 24.1 Å². The SMILES string of the molecule is COC(=O)c1cccc(NC2CC(OC)C2)c1C. The van der Waals surface area contributed by atoms with E-state index in [-0.39, 0.29) is 5.97 Å². The van der Waals surface area contributed by atoms with E-state index >= 15 is 0 Å². The maximum Gasteiger partial charge on any atom is 0.338 e. The Labute approximate surface area is 107 Å².